The van der Waals surface area contributed by atoms with E-state index in [4.69, 9.17) is 18.6 Å². The number of benzene rings is 3. The molecule has 0 amide bonds. The lowest BCUT2D eigenvalue weighted by atomic mass is 10.0. The maximum Gasteiger partial charge on any atom is 0.203 e. The lowest BCUT2D eigenvalue weighted by Gasteiger charge is -2.12. The Morgan fingerprint density at radius 1 is 0.886 bits per heavy atom. The first-order valence-corrected chi connectivity index (χ1v) is 11.6. The third-order valence-corrected chi connectivity index (χ3v) is 6.35. The summed E-state index contributed by atoms with van der Waals surface area (Å²) in [7, 11) is 4.72. The molecule has 0 saturated carbocycles. The minimum atomic E-state index is 0.534. The Bertz CT molecular complexity index is 1470. The van der Waals surface area contributed by atoms with Crippen LogP contribution in [0.5, 0.6) is 17.2 Å². The number of rotatable bonds is 8. The molecule has 2 aromatic heterocycles. The van der Waals surface area contributed by atoms with E-state index in [2.05, 4.69) is 39.8 Å². The number of fused-ring (bicyclic) bond motifs is 1. The first-order valence-electron chi connectivity index (χ1n) is 10.8. The van der Waals surface area contributed by atoms with Crippen LogP contribution in [0.3, 0.4) is 0 Å². The molecule has 5 rings (SSSR count). The van der Waals surface area contributed by atoms with Crippen molar-refractivity contribution in [2.75, 3.05) is 26.8 Å². The van der Waals surface area contributed by atoms with Crippen molar-refractivity contribution in [2.45, 2.75) is 0 Å². The molecule has 0 aliphatic heterocycles. The van der Waals surface area contributed by atoms with Crippen LogP contribution in [0, 0.1) is 0 Å². The number of aromatic nitrogens is 1. The van der Waals surface area contributed by atoms with Gasteiger partial charge in [0.2, 0.25) is 10.9 Å². The van der Waals surface area contributed by atoms with Gasteiger partial charge in [-0.15, -0.1) is 0 Å². The van der Waals surface area contributed by atoms with Gasteiger partial charge in [-0.25, -0.2) is 4.98 Å². The molecule has 0 spiro atoms. The van der Waals surface area contributed by atoms with Crippen LogP contribution in [0.4, 0.5) is 5.13 Å². The monoisotopic (exact) mass is 485 g/mol. The standard InChI is InChI=1S/C27H23N3O4S/c1-31-23-11-17(12-24(32-2)26(23)33-3)15-29-30-27-28-16-25(35-27)22-14-20-13-19(9-10-21(20)34-22)18-7-5-4-6-8-18/h4-16H,1-3H3,(H,28,30). The van der Waals surface area contributed by atoms with Crippen molar-refractivity contribution < 1.29 is 18.6 Å². The van der Waals surface area contributed by atoms with Crippen LogP contribution in [0.15, 0.2) is 82.4 Å². The van der Waals surface area contributed by atoms with Gasteiger partial charge in [-0.05, 0) is 41.5 Å². The Hall–Kier alpha value is -4.30. The van der Waals surface area contributed by atoms with Gasteiger partial charge in [0.25, 0.3) is 0 Å². The van der Waals surface area contributed by atoms with E-state index in [1.54, 1.807) is 33.7 Å². The molecule has 5 aromatic rings. The minimum absolute atomic E-state index is 0.534. The normalized spacial score (nSPS) is 11.2. The van der Waals surface area contributed by atoms with E-state index in [-0.39, 0.29) is 0 Å². The Balaban J connectivity index is 1.33. The molecule has 0 atom stereocenters. The van der Waals surface area contributed by atoms with E-state index in [0.29, 0.717) is 22.4 Å². The van der Waals surface area contributed by atoms with E-state index in [1.165, 1.54) is 16.9 Å². The molecular formula is C27H23N3O4S. The Morgan fingerprint density at radius 3 is 2.37 bits per heavy atom. The first-order chi connectivity index (χ1) is 17.2. The van der Waals surface area contributed by atoms with Crippen LogP contribution in [0.2, 0.25) is 0 Å². The second kappa shape index (κ2) is 9.90. The Morgan fingerprint density at radius 2 is 1.66 bits per heavy atom. The van der Waals surface area contributed by atoms with Crippen LogP contribution in [-0.2, 0) is 0 Å². The van der Waals surface area contributed by atoms with Crippen LogP contribution < -0.4 is 19.6 Å². The van der Waals surface area contributed by atoms with Crippen LogP contribution >= 0.6 is 11.3 Å². The molecule has 0 bridgehead atoms. The molecule has 35 heavy (non-hydrogen) atoms. The lowest BCUT2D eigenvalue weighted by Crippen LogP contribution is -1.97. The van der Waals surface area contributed by atoms with E-state index in [9.17, 15) is 0 Å². The molecule has 0 fully saturated rings. The Labute approximate surface area is 206 Å². The molecule has 0 unspecified atom stereocenters. The summed E-state index contributed by atoms with van der Waals surface area (Å²) < 4.78 is 22.2. The molecule has 0 aliphatic carbocycles. The number of hydrogen-bond acceptors (Lipinski definition) is 8. The van der Waals surface area contributed by atoms with Crippen molar-refractivity contribution in [2.24, 2.45) is 5.10 Å². The quantitative estimate of drug-likeness (QED) is 0.195. The topological polar surface area (TPSA) is 78.1 Å². The summed E-state index contributed by atoms with van der Waals surface area (Å²) in [5, 5.41) is 6.00. The highest BCUT2D eigenvalue weighted by atomic mass is 32.1. The molecule has 0 radical (unpaired) electrons. The molecule has 1 N–H and O–H groups in total. The summed E-state index contributed by atoms with van der Waals surface area (Å²) >= 11 is 1.46. The van der Waals surface area contributed by atoms with Gasteiger partial charge in [0, 0.05) is 10.9 Å². The first kappa shape index (κ1) is 22.5. The number of thiazole rings is 1. The molecule has 8 heteroatoms. The average Bonchev–Trinajstić information content (AvgIpc) is 3.55. The average molecular weight is 486 g/mol. The number of methoxy groups -OCH3 is 3. The van der Waals surface area contributed by atoms with E-state index in [0.717, 1.165) is 32.7 Å². The SMILES string of the molecule is COc1cc(C=NNc2ncc(-c3cc4cc(-c5ccccc5)ccc4o3)s2)cc(OC)c1OC. The largest absolute Gasteiger partial charge is 0.493 e. The second-order valence-electron chi connectivity index (χ2n) is 7.59. The number of nitrogens with zero attached hydrogens (tertiary/aromatic N) is 2. The van der Waals surface area contributed by atoms with Crippen LogP contribution in [-0.4, -0.2) is 32.5 Å². The Kier molecular flexibility index (Phi) is 6.36. The highest BCUT2D eigenvalue weighted by molar-refractivity contribution is 7.18. The number of anilines is 1. The predicted molar refractivity (Wildman–Crippen MR) is 140 cm³/mol. The molecule has 7 nitrogen and oxygen atoms in total. The molecule has 2 heterocycles. The van der Waals surface area contributed by atoms with Gasteiger partial charge >= 0.3 is 0 Å². The fraction of sp³-hybridized carbons (Fsp3) is 0.111. The van der Waals surface area contributed by atoms with Crippen molar-refractivity contribution in [3.8, 4) is 39.0 Å². The molecule has 0 saturated heterocycles. The number of nitrogens with one attached hydrogen (secondary N) is 1. The van der Waals surface area contributed by atoms with Crippen molar-refractivity contribution in [3.05, 3.63) is 78.5 Å². The summed E-state index contributed by atoms with van der Waals surface area (Å²) in [5.41, 5.74) is 6.92. The number of hydrazone groups is 1. The fourth-order valence-electron chi connectivity index (χ4n) is 3.75. The number of ether oxygens (including phenoxy) is 3. The molecule has 0 aliphatic rings. The van der Waals surface area contributed by atoms with Gasteiger partial charge in [0.1, 0.15) is 11.3 Å². The fourth-order valence-corrected chi connectivity index (χ4v) is 4.47. The van der Waals surface area contributed by atoms with E-state index < -0.39 is 0 Å². The van der Waals surface area contributed by atoms with Crippen molar-refractivity contribution in [1.29, 1.82) is 0 Å². The van der Waals surface area contributed by atoms with Crippen molar-refractivity contribution in [3.63, 3.8) is 0 Å². The van der Waals surface area contributed by atoms with Gasteiger partial charge < -0.3 is 18.6 Å². The predicted octanol–water partition coefficient (Wildman–Crippen LogP) is 6.70. The summed E-state index contributed by atoms with van der Waals surface area (Å²) in [5.74, 6) is 2.42. The summed E-state index contributed by atoms with van der Waals surface area (Å²) in [6, 6.07) is 22.2. The minimum Gasteiger partial charge on any atom is -0.493 e. The van der Waals surface area contributed by atoms with Crippen molar-refractivity contribution >= 4 is 33.7 Å². The highest BCUT2D eigenvalue weighted by Gasteiger charge is 2.13. The van der Waals surface area contributed by atoms with Gasteiger partial charge in [0.05, 0.1) is 38.6 Å². The zero-order chi connectivity index (χ0) is 24.2. The summed E-state index contributed by atoms with van der Waals surface area (Å²) in [6.45, 7) is 0. The molecule has 176 valence electrons. The van der Waals surface area contributed by atoms with E-state index >= 15 is 0 Å². The van der Waals surface area contributed by atoms with Gasteiger partial charge in [0.15, 0.2) is 11.5 Å². The zero-order valence-corrected chi connectivity index (χ0v) is 20.3. The lowest BCUT2D eigenvalue weighted by molar-refractivity contribution is 0.324. The van der Waals surface area contributed by atoms with Crippen LogP contribution in [0.1, 0.15) is 5.56 Å². The highest BCUT2D eigenvalue weighted by Crippen LogP contribution is 2.38. The third kappa shape index (κ3) is 4.69. The molecule has 3 aromatic carbocycles. The second-order valence-corrected chi connectivity index (χ2v) is 8.62. The summed E-state index contributed by atoms with van der Waals surface area (Å²) in [4.78, 5) is 5.33. The third-order valence-electron chi connectivity index (χ3n) is 5.43. The van der Waals surface area contributed by atoms with Crippen molar-refractivity contribution in [1.82, 2.24) is 4.98 Å². The smallest absolute Gasteiger partial charge is 0.203 e. The van der Waals surface area contributed by atoms with E-state index in [1.807, 2.05) is 42.5 Å². The maximum atomic E-state index is 6.07. The zero-order valence-electron chi connectivity index (χ0n) is 19.4. The number of hydrogen-bond donors (Lipinski definition) is 1. The van der Waals surface area contributed by atoms with Gasteiger partial charge in [-0.2, -0.15) is 5.10 Å². The molecular weight excluding hydrogens is 462 g/mol. The van der Waals surface area contributed by atoms with Gasteiger partial charge in [-0.3, -0.25) is 5.43 Å². The van der Waals surface area contributed by atoms with Crippen LogP contribution in [0.25, 0.3) is 32.7 Å². The number of furan rings is 1. The maximum absolute atomic E-state index is 6.07. The van der Waals surface area contributed by atoms with Gasteiger partial charge in [-0.1, -0.05) is 47.7 Å². The summed E-state index contributed by atoms with van der Waals surface area (Å²) in [6.07, 6.45) is 3.44.